The molecule has 1 aromatic rings. The molecule has 0 saturated heterocycles. The van der Waals surface area contributed by atoms with Crippen LogP contribution in [-0.4, -0.2) is 4.98 Å². The van der Waals surface area contributed by atoms with Gasteiger partial charge in [-0.2, -0.15) is 0 Å². The van der Waals surface area contributed by atoms with Crippen molar-refractivity contribution in [3.63, 3.8) is 0 Å². The molecule has 0 aliphatic rings. The molecule has 0 radical (unpaired) electrons. The van der Waals surface area contributed by atoms with Crippen LogP contribution in [0.5, 0.6) is 0 Å². The van der Waals surface area contributed by atoms with E-state index in [1.807, 2.05) is 13.8 Å². The monoisotopic (exact) mass is 154 g/mol. The largest absolute Gasteiger partial charge is 0.385 e. The Labute approximate surface area is 66.3 Å². The Balaban J connectivity index is 0.000000461. The Morgan fingerprint density at radius 2 is 2.00 bits per heavy atom. The Kier molecular flexibility index (Phi) is 4.03. The maximum absolute atomic E-state index is 10.7. The number of hydrogen-bond donors (Lipinski definition) is 2. The van der Waals surface area contributed by atoms with Gasteiger partial charge in [0, 0.05) is 17.8 Å². The van der Waals surface area contributed by atoms with E-state index in [1.54, 1.807) is 6.92 Å². The van der Waals surface area contributed by atoms with E-state index in [1.165, 1.54) is 12.3 Å². The number of hydrogen-bond acceptors (Lipinski definition) is 2. The van der Waals surface area contributed by atoms with Gasteiger partial charge in [0.1, 0.15) is 5.82 Å². The number of nitrogens with two attached hydrogens (primary N) is 1. The zero-order valence-corrected chi connectivity index (χ0v) is 7.14. The van der Waals surface area contributed by atoms with Crippen LogP contribution >= 0.6 is 0 Å². The molecule has 1 rings (SSSR count). The topological polar surface area (TPSA) is 58.9 Å². The van der Waals surface area contributed by atoms with Gasteiger partial charge in [-0.15, -0.1) is 0 Å². The second-order valence-corrected chi connectivity index (χ2v) is 1.88. The van der Waals surface area contributed by atoms with E-state index in [-0.39, 0.29) is 5.43 Å². The van der Waals surface area contributed by atoms with Gasteiger partial charge in [0.15, 0.2) is 5.43 Å². The maximum atomic E-state index is 10.7. The molecule has 1 heterocycles. The Morgan fingerprint density at radius 3 is 2.36 bits per heavy atom. The normalized spacial score (nSPS) is 8.27. The minimum atomic E-state index is -0.0220. The number of nitrogen functional groups attached to an aromatic ring is 1. The van der Waals surface area contributed by atoms with E-state index in [0.29, 0.717) is 11.4 Å². The van der Waals surface area contributed by atoms with Gasteiger partial charge >= 0.3 is 0 Å². The highest BCUT2D eigenvalue weighted by Gasteiger charge is 1.93. The van der Waals surface area contributed by atoms with E-state index in [2.05, 4.69) is 4.98 Å². The third-order valence-corrected chi connectivity index (χ3v) is 1.25. The summed E-state index contributed by atoms with van der Waals surface area (Å²) in [6.45, 7) is 5.69. The molecule has 3 N–H and O–H groups in total. The molecule has 0 unspecified atom stereocenters. The zero-order chi connectivity index (χ0) is 8.85. The molecule has 62 valence electrons. The summed E-state index contributed by atoms with van der Waals surface area (Å²) in [6, 6.07) is 1.45. The summed E-state index contributed by atoms with van der Waals surface area (Å²) in [5.74, 6) is 0.447. The van der Waals surface area contributed by atoms with Crippen molar-refractivity contribution >= 4 is 5.82 Å². The predicted octanol–water partition coefficient (Wildman–Crippen LogP) is 1.29. The first-order chi connectivity index (χ1) is 5.22. The number of anilines is 1. The molecule has 0 amide bonds. The van der Waals surface area contributed by atoms with Crippen LogP contribution in [0.4, 0.5) is 5.82 Å². The smallest absolute Gasteiger partial charge is 0.186 e. The quantitative estimate of drug-likeness (QED) is 0.591. The van der Waals surface area contributed by atoms with Crippen LogP contribution in [0.25, 0.3) is 0 Å². The number of H-pyrrole nitrogens is 1. The molecule has 0 aliphatic carbocycles. The number of aromatic amines is 1. The standard InChI is InChI=1S/C6H8N2O.C2H6/c1-4-5(9)2-3-8-6(4)7;1-2/h2-3H,1H3,(H3,7,8,9);1-2H3. The highest BCUT2D eigenvalue weighted by atomic mass is 16.1. The first kappa shape index (κ1) is 9.75. The van der Waals surface area contributed by atoms with E-state index in [9.17, 15) is 4.79 Å². The van der Waals surface area contributed by atoms with Crippen LogP contribution in [0.2, 0.25) is 0 Å². The summed E-state index contributed by atoms with van der Waals surface area (Å²) in [5.41, 5.74) is 5.92. The number of rotatable bonds is 0. The lowest BCUT2D eigenvalue weighted by atomic mass is 10.3. The molecule has 0 aliphatic heterocycles. The van der Waals surface area contributed by atoms with Crippen molar-refractivity contribution in [2.75, 3.05) is 5.73 Å². The summed E-state index contributed by atoms with van der Waals surface area (Å²) < 4.78 is 0. The molecule has 0 aromatic carbocycles. The van der Waals surface area contributed by atoms with Gasteiger partial charge in [-0.3, -0.25) is 4.79 Å². The van der Waals surface area contributed by atoms with Gasteiger partial charge in [-0.05, 0) is 6.92 Å². The van der Waals surface area contributed by atoms with Crippen molar-refractivity contribution in [3.05, 3.63) is 28.0 Å². The van der Waals surface area contributed by atoms with Gasteiger partial charge in [0.25, 0.3) is 0 Å². The number of nitrogens with one attached hydrogen (secondary N) is 1. The number of aromatic nitrogens is 1. The van der Waals surface area contributed by atoms with Crippen LogP contribution in [0, 0.1) is 6.92 Å². The summed E-state index contributed by atoms with van der Waals surface area (Å²) in [5, 5.41) is 0. The van der Waals surface area contributed by atoms with Crippen LogP contribution in [0.15, 0.2) is 17.1 Å². The minimum absolute atomic E-state index is 0.0220. The molecule has 1 aromatic heterocycles. The van der Waals surface area contributed by atoms with E-state index >= 15 is 0 Å². The zero-order valence-electron chi connectivity index (χ0n) is 7.14. The van der Waals surface area contributed by atoms with Gasteiger partial charge < -0.3 is 10.7 Å². The molecule has 0 saturated carbocycles. The van der Waals surface area contributed by atoms with Crippen molar-refractivity contribution in [3.8, 4) is 0 Å². The lowest BCUT2D eigenvalue weighted by molar-refractivity contribution is 1.25. The molecule has 0 spiro atoms. The average Bonchev–Trinajstić information content (AvgIpc) is 2.04. The van der Waals surface area contributed by atoms with Crippen LogP contribution in [0.1, 0.15) is 19.4 Å². The Morgan fingerprint density at radius 1 is 1.45 bits per heavy atom. The van der Waals surface area contributed by atoms with Crippen molar-refractivity contribution in [2.45, 2.75) is 20.8 Å². The summed E-state index contributed by atoms with van der Waals surface area (Å²) in [7, 11) is 0. The van der Waals surface area contributed by atoms with Crippen molar-refractivity contribution in [1.29, 1.82) is 0 Å². The van der Waals surface area contributed by atoms with Crippen LogP contribution in [0.3, 0.4) is 0 Å². The molecule has 3 nitrogen and oxygen atoms in total. The van der Waals surface area contributed by atoms with E-state index in [4.69, 9.17) is 5.73 Å². The minimum Gasteiger partial charge on any atom is -0.385 e. The predicted molar refractivity (Wildman–Crippen MR) is 47.6 cm³/mol. The average molecular weight is 154 g/mol. The highest BCUT2D eigenvalue weighted by molar-refractivity contribution is 5.36. The maximum Gasteiger partial charge on any atom is 0.186 e. The molecule has 11 heavy (non-hydrogen) atoms. The molecule has 0 atom stereocenters. The van der Waals surface area contributed by atoms with Crippen molar-refractivity contribution in [1.82, 2.24) is 4.98 Å². The third-order valence-electron chi connectivity index (χ3n) is 1.25. The van der Waals surface area contributed by atoms with Gasteiger partial charge in [0.05, 0.1) is 0 Å². The highest BCUT2D eigenvalue weighted by Crippen LogP contribution is 1.95. The fraction of sp³-hybridized carbons (Fsp3) is 0.375. The Bertz CT molecular complexity index is 265. The van der Waals surface area contributed by atoms with Crippen LogP contribution < -0.4 is 11.2 Å². The molecule has 0 bridgehead atoms. The fourth-order valence-electron chi connectivity index (χ4n) is 0.573. The van der Waals surface area contributed by atoms with E-state index < -0.39 is 0 Å². The summed E-state index contributed by atoms with van der Waals surface area (Å²) in [4.78, 5) is 13.5. The SMILES string of the molecule is CC.Cc1c(N)[nH]ccc1=O. The van der Waals surface area contributed by atoms with Gasteiger partial charge in [-0.25, -0.2) is 0 Å². The van der Waals surface area contributed by atoms with Crippen molar-refractivity contribution in [2.24, 2.45) is 0 Å². The Hall–Kier alpha value is -1.25. The van der Waals surface area contributed by atoms with E-state index in [0.717, 1.165) is 0 Å². The van der Waals surface area contributed by atoms with Gasteiger partial charge in [0.2, 0.25) is 0 Å². The number of pyridine rings is 1. The van der Waals surface area contributed by atoms with Crippen molar-refractivity contribution < 1.29 is 0 Å². The second kappa shape index (κ2) is 4.55. The lowest BCUT2D eigenvalue weighted by Gasteiger charge is -1.94. The first-order valence-electron chi connectivity index (χ1n) is 3.65. The molecule has 3 heteroatoms. The summed E-state index contributed by atoms with van der Waals surface area (Å²) >= 11 is 0. The lowest BCUT2D eigenvalue weighted by Crippen LogP contribution is -2.07. The van der Waals surface area contributed by atoms with Gasteiger partial charge in [-0.1, -0.05) is 13.8 Å². The fourth-order valence-corrected chi connectivity index (χ4v) is 0.573. The second-order valence-electron chi connectivity index (χ2n) is 1.88. The van der Waals surface area contributed by atoms with Crippen LogP contribution in [-0.2, 0) is 0 Å². The first-order valence-corrected chi connectivity index (χ1v) is 3.65. The molecular formula is C8H14N2O. The summed E-state index contributed by atoms with van der Waals surface area (Å²) in [6.07, 6.45) is 1.53. The molecule has 0 fully saturated rings. The third kappa shape index (κ3) is 2.45. The molecular weight excluding hydrogens is 140 g/mol.